The van der Waals surface area contributed by atoms with E-state index in [1.54, 1.807) is 18.2 Å². The first-order valence-corrected chi connectivity index (χ1v) is 8.26. The Bertz CT molecular complexity index is 582. The second kappa shape index (κ2) is 7.68. The number of rotatable bonds is 7. The lowest BCUT2D eigenvalue weighted by molar-refractivity contribution is -0.139. The highest BCUT2D eigenvalue weighted by Crippen LogP contribution is 2.33. The third kappa shape index (κ3) is 4.61. The number of ether oxygens (including phenoxy) is 1. The molecule has 1 aliphatic rings. The SMILES string of the molecule is CCOc1c(Cl)cccc1CC(=O)NC1(CC(=O)O)CCCC1. The number of hydrogen-bond donors (Lipinski definition) is 2. The van der Waals surface area contributed by atoms with Crippen molar-refractivity contribution in [3.63, 3.8) is 0 Å². The van der Waals surface area contributed by atoms with E-state index in [9.17, 15) is 9.59 Å². The van der Waals surface area contributed by atoms with E-state index >= 15 is 0 Å². The Morgan fingerprint density at radius 2 is 2.04 bits per heavy atom. The number of halogens is 1. The Morgan fingerprint density at radius 3 is 2.65 bits per heavy atom. The van der Waals surface area contributed by atoms with Crippen LogP contribution in [0, 0.1) is 0 Å². The topological polar surface area (TPSA) is 75.6 Å². The monoisotopic (exact) mass is 339 g/mol. The second-order valence-electron chi connectivity index (χ2n) is 5.94. The van der Waals surface area contributed by atoms with Gasteiger partial charge in [-0.3, -0.25) is 9.59 Å². The minimum atomic E-state index is -0.884. The van der Waals surface area contributed by atoms with E-state index in [-0.39, 0.29) is 18.7 Å². The summed E-state index contributed by atoms with van der Waals surface area (Å²) >= 11 is 6.12. The maximum absolute atomic E-state index is 12.4. The summed E-state index contributed by atoms with van der Waals surface area (Å²) in [6.45, 7) is 2.31. The van der Waals surface area contributed by atoms with Gasteiger partial charge in [-0.15, -0.1) is 0 Å². The molecule has 2 rings (SSSR count). The minimum absolute atomic E-state index is 0.0351. The number of nitrogens with one attached hydrogen (secondary N) is 1. The van der Waals surface area contributed by atoms with Crippen molar-refractivity contribution in [3.05, 3.63) is 28.8 Å². The van der Waals surface area contributed by atoms with Crippen LogP contribution in [0.1, 0.15) is 44.6 Å². The second-order valence-corrected chi connectivity index (χ2v) is 6.35. The number of benzene rings is 1. The lowest BCUT2D eigenvalue weighted by Crippen LogP contribution is -2.48. The highest BCUT2D eigenvalue weighted by molar-refractivity contribution is 6.32. The largest absolute Gasteiger partial charge is 0.492 e. The van der Waals surface area contributed by atoms with Gasteiger partial charge in [0.05, 0.1) is 30.0 Å². The lowest BCUT2D eigenvalue weighted by atomic mass is 9.92. The van der Waals surface area contributed by atoms with Crippen molar-refractivity contribution in [2.75, 3.05) is 6.61 Å². The summed E-state index contributed by atoms with van der Waals surface area (Å²) < 4.78 is 5.52. The molecule has 0 aromatic heterocycles. The van der Waals surface area contributed by atoms with Gasteiger partial charge in [0.2, 0.25) is 5.91 Å². The van der Waals surface area contributed by atoms with E-state index in [1.165, 1.54) is 0 Å². The van der Waals surface area contributed by atoms with Gasteiger partial charge in [0.1, 0.15) is 5.75 Å². The molecule has 0 radical (unpaired) electrons. The molecule has 1 fully saturated rings. The zero-order chi connectivity index (χ0) is 16.9. The summed E-state index contributed by atoms with van der Waals surface area (Å²) in [4.78, 5) is 23.5. The fourth-order valence-electron chi connectivity index (χ4n) is 3.20. The van der Waals surface area contributed by atoms with Crippen molar-refractivity contribution in [3.8, 4) is 5.75 Å². The molecule has 0 heterocycles. The predicted molar refractivity (Wildman–Crippen MR) is 87.9 cm³/mol. The molecule has 1 saturated carbocycles. The highest BCUT2D eigenvalue weighted by atomic mass is 35.5. The van der Waals surface area contributed by atoms with Crippen LogP contribution in [0.25, 0.3) is 0 Å². The number of hydrogen-bond acceptors (Lipinski definition) is 3. The quantitative estimate of drug-likeness (QED) is 0.800. The molecular weight excluding hydrogens is 318 g/mol. The summed E-state index contributed by atoms with van der Waals surface area (Å²) in [6.07, 6.45) is 3.38. The van der Waals surface area contributed by atoms with Crippen molar-refractivity contribution in [2.45, 2.75) is 51.0 Å². The number of carboxylic acids is 1. The van der Waals surface area contributed by atoms with Crippen molar-refractivity contribution < 1.29 is 19.4 Å². The third-order valence-corrected chi connectivity index (χ3v) is 4.44. The molecule has 0 spiro atoms. The van der Waals surface area contributed by atoms with Crippen LogP contribution in [0.3, 0.4) is 0 Å². The number of amides is 1. The Labute approximate surface area is 141 Å². The molecule has 23 heavy (non-hydrogen) atoms. The van der Waals surface area contributed by atoms with Crippen LogP contribution >= 0.6 is 11.6 Å². The minimum Gasteiger partial charge on any atom is -0.492 e. The molecule has 5 nitrogen and oxygen atoms in total. The molecule has 2 N–H and O–H groups in total. The van der Waals surface area contributed by atoms with E-state index in [4.69, 9.17) is 21.4 Å². The molecule has 1 amide bonds. The van der Waals surface area contributed by atoms with Crippen molar-refractivity contribution in [2.24, 2.45) is 0 Å². The molecule has 0 bridgehead atoms. The zero-order valence-corrected chi connectivity index (χ0v) is 14.0. The molecule has 6 heteroatoms. The van der Waals surface area contributed by atoms with Crippen molar-refractivity contribution >= 4 is 23.5 Å². The Morgan fingerprint density at radius 1 is 1.35 bits per heavy atom. The van der Waals surface area contributed by atoms with Crippen LogP contribution in [-0.2, 0) is 16.0 Å². The summed E-state index contributed by atoms with van der Waals surface area (Å²) in [5.41, 5.74) is 0.0908. The smallest absolute Gasteiger partial charge is 0.305 e. The number of carboxylic acid groups (broad SMARTS) is 1. The summed E-state index contributed by atoms with van der Waals surface area (Å²) in [5, 5.41) is 12.5. The predicted octanol–water partition coefficient (Wildman–Crippen LogP) is 3.18. The first-order chi connectivity index (χ1) is 11.0. The van der Waals surface area contributed by atoms with Crippen molar-refractivity contribution in [1.82, 2.24) is 5.32 Å². The normalized spacial score (nSPS) is 16.1. The first kappa shape index (κ1) is 17.6. The maximum atomic E-state index is 12.4. The molecule has 1 aromatic rings. The summed E-state index contributed by atoms with van der Waals surface area (Å²) in [5.74, 6) is -0.563. The summed E-state index contributed by atoms with van der Waals surface area (Å²) in [6, 6.07) is 5.29. The van der Waals surface area contributed by atoms with Gasteiger partial charge in [0.25, 0.3) is 0 Å². The molecular formula is C17H22ClNO4. The van der Waals surface area contributed by atoms with Gasteiger partial charge in [-0.05, 0) is 25.8 Å². The highest BCUT2D eigenvalue weighted by Gasteiger charge is 2.37. The fraction of sp³-hybridized carbons (Fsp3) is 0.529. The first-order valence-electron chi connectivity index (χ1n) is 7.89. The average Bonchev–Trinajstić information content (AvgIpc) is 2.89. The molecule has 0 aliphatic heterocycles. The lowest BCUT2D eigenvalue weighted by Gasteiger charge is -2.29. The van der Waals surface area contributed by atoms with Gasteiger partial charge in [-0.1, -0.05) is 36.6 Å². The molecule has 0 unspecified atom stereocenters. The van der Waals surface area contributed by atoms with Gasteiger partial charge >= 0.3 is 5.97 Å². The zero-order valence-electron chi connectivity index (χ0n) is 13.2. The van der Waals surface area contributed by atoms with Gasteiger partial charge in [-0.25, -0.2) is 0 Å². The maximum Gasteiger partial charge on any atom is 0.305 e. The number of para-hydroxylation sites is 1. The van der Waals surface area contributed by atoms with Crippen LogP contribution in [0.4, 0.5) is 0 Å². The average molecular weight is 340 g/mol. The van der Waals surface area contributed by atoms with E-state index in [0.717, 1.165) is 12.8 Å². The van der Waals surface area contributed by atoms with Crippen molar-refractivity contribution in [1.29, 1.82) is 0 Å². The van der Waals surface area contributed by atoms with Crippen LogP contribution in [0.5, 0.6) is 5.75 Å². The Kier molecular flexibility index (Phi) is 5.88. The number of aliphatic carboxylic acids is 1. The molecule has 0 atom stereocenters. The Hall–Kier alpha value is -1.75. The van der Waals surface area contributed by atoms with E-state index in [2.05, 4.69) is 5.32 Å². The van der Waals surface area contributed by atoms with E-state index in [1.807, 2.05) is 6.92 Å². The fourth-order valence-corrected chi connectivity index (χ4v) is 3.45. The van der Waals surface area contributed by atoms with Crippen LogP contribution < -0.4 is 10.1 Å². The summed E-state index contributed by atoms with van der Waals surface area (Å²) in [7, 11) is 0. The molecule has 126 valence electrons. The third-order valence-electron chi connectivity index (χ3n) is 4.14. The van der Waals surface area contributed by atoms with Gasteiger partial charge in [-0.2, -0.15) is 0 Å². The van der Waals surface area contributed by atoms with E-state index < -0.39 is 11.5 Å². The Balaban J connectivity index is 2.10. The van der Waals surface area contributed by atoms with Gasteiger partial charge < -0.3 is 15.2 Å². The number of carbonyl (C=O) groups excluding carboxylic acids is 1. The molecule has 1 aromatic carbocycles. The van der Waals surface area contributed by atoms with Crippen LogP contribution in [-0.4, -0.2) is 29.1 Å². The molecule has 0 saturated heterocycles. The van der Waals surface area contributed by atoms with Gasteiger partial charge in [0.15, 0.2) is 0 Å². The van der Waals surface area contributed by atoms with Crippen LogP contribution in [0.2, 0.25) is 5.02 Å². The van der Waals surface area contributed by atoms with Gasteiger partial charge in [0, 0.05) is 5.56 Å². The molecule has 1 aliphatic carbocycles. The standard InChI is InChI=1S/C17H22ClNO4/c1-2-23-16-12(6-5-7-13(16)18)10-14(20)19-17(11-15(21)22)8-3-4-9-17/h5-7H,2-4,8-11H2,1H3,(H,19,20)(H,21,22). The number of carbonyl (C=O) groups is 2. The van der Waals surface area contributed by atoms with E-state index in [0.29, 0.717) is 35.8 Å². The van der Waals surface area contributed by atoms with Crippen LogP contribution in [0.15, 0.2) is 18.2 Å².